The maximum absolute atomic E-state index is 14.7. The number of carbonyl (C=O) groups is 2. The molecule has 0 bridgehead atoms. The first-order chi connectivity index (χ1) is 14.9. The highest BCUT2D eigenvalue weighted by molar-refractivity contribution is 9.10. The summed E-state index contributed by atoms with van der Waals surface area (Å²) in [6.07, 6.45) is 2.04. The molecule has 0 fully saturated rings. The van der Waals surface area contributed by atoms with Gasteiger partial charge in [0.25, 0.3) is 5.91 Å². The third kappa shape index (κ3) is 4.66. The van der Waals surface area contributed by atoms with Crippen molar-refractivity contribution in [1.82, 2.24) is 9.88 Å². The van der Waals surface area contributed by atoms with Crippen LogP contribution in [-0.4, -0.2) is 21.7 Å². The number of halogens is 2. The van der Waals surface area contributed by atoms with Crippen LogP contribution in [0.5, 0.6) is 0 Å². The fraction of sp³-hybridized carbons (Fsp3) is 0.208. The molecule has 1 atom stereocenters. The Morgan fingerprint density at radius 2 is 1.94 bits per heavy atom. The molecule has 1 N–H and O–H groups in total. The lowest BCUT2D eigenvalue weighted by Crippen LogP contribution is -2.28. The van der Waals surface area contributed by atoms with Gasteiger partial charge in [-0.3, -0.25) is 9.59 Å². The van der Waals surface area contributed by atoms with E-state index in [-0.39, 0.29) is 18.2 Å². The number of nitrogens with zero attached hydrogens (tertiary/aromatic N) is 2. The van der Waals surface area contributed by atoms with E-state index in [1.807, 2.05) is 31.2 Å². The average molecular weight is 482 g/mol. The average Bonchev–Trinajstić information content (AvgIpc) is 3.02. The third-order valence-corrected chi connectivity index (χ3v) is 5.84. The molecule has 4 rings (SSSR count). The summed E-state index contributed by atoms with van der Waals surface area (Å²) in [5.41, 5.74) is 2.82. The number of amides is 2. The van der Waals surface area contributed by atoms with Crippen molar-refractivity contribution < 1.29 is 14.0 Å². The van der Waals surface area contributed by atoms with Crippen molar-refractivity contribution in [2.75, 3.05) is 5.32 Å². The molecule has 1 aliphatic rings. The second kappa shape index (κ2) is 8.98. The van der Waals surface area contributed by atoms with E-state index in [2.05, 4.69) is 26.2 Å². The number of benzene rings is 2. The zero-order chi connectivity index (χ0) is 22.0. The van der Waals surface area contributed by atoms with Gasteiger partial charge in [-0.05, 0) is 59.1 Å². The summed E-state index contributed by atoms with van der Waals surface area (Å²) >= 11 is 3.30. The van der Waals surface area contributed by atoms with Crippen LogP contribution in [0.3, 0.4) is 0 Å². The van der Waals surface area contributed by atoms with Crippen molar-refractivity contribution in [1.29, 1.82) is 0 Å². The summed E-state index contributed by atoms with van der Waals surface area (Å²) in [5.74, 6) is -0.423. The number of fused-ring (bicyclic) bond motifs is 1. The first-order valence-corrected chi connectivity index (χ1v) is 10.8. The van der Waals surface area contributed by atoms with Gasteiger partial charge >= 0.3 is 0 Å². The van der Waals surface area contributed by atoms with E-state index in [1.54, 1.807) is 35.4 Å². The molecule has 2 heterocycles. The van der Waals surface area contributed by atoms with Gasteiger partial charge in [0.05, 0.1) is 6.04 Å². The molecule has 5 nitrogen and oxygen atoms in total. The lowest BCUT2D eigenvalue weighted by molar-refractivity contribution is -0.116. The van der Waals surface area contributed by atoms with Gasteiger partial charge in [-0.1, -0.05) is 35.9 Å². The minimum Gasteiger partial charge on any atom is -0.327 e. The lowest BCUT2D eigenvalue weighted by Gasteiger charge is -2.25. The standard InChI is InChI=1S/C24H21BrFN3O2/c1-15-5-7-16(8-6-15)14-29-20(23-18(24(29)31)3-2-4-19(23)26)10-12-22(30)28-21-11-9-17(25)13-27-21/h2-9,11,13,20H,10,12,14H2,1H3,(H,27,28,30). The highest BCUT2D eigenvalue weighted by Crippen LogP contribution is 2.39. The second-order valence-corrected chi connectivity index (χ2v) is 8.50. The van der Waals surface area contributed by atoms with E-state index in [1.165, 1.54) is 6.07 Å². The largest absolute Gasteiger partial charge is 0.327 e. The van der Waals surface area contributed by atoms with E-state index in [9.17, 15) is 14.0 Å². The molecule has 1 aromatic heterocycles. The first-order valence-electron chi connectivity index (χ1n) is 9.98. The van der Waals surface area contributed by atoms with Crippen LogP contribution in [0.4, 0.5) is 10.2 Å². The van der Waals surface area contributed by atoms with Crippen molar-refractivity contribution >= 4 is 33.6 Å². The van der Waals surface area contributed by atoms with Gasteiger partial charge in [0.15, 0.2) is 0 Å². The van der Waals surface area contributed by atoms with Gasteiger partial charge in [-0.2, -0.15) is 0 Å². The Balaban J connectivity index is 1.53. The Labute approximate surface area is 188 Å². The van der Waals surface area contributed by atoms with Gasteiger partial charge < -0.3 is 10.2 Å². The molecule has 7 heteroatoms. The van der Waals surface area contributed by atoms with Crippen LogP contribution in [0, 0.1) is 12.7 Å². The number of hydrogen-bond acceptors (Lipinski definition) is 3. The van der Waals surface area contributed by atoms with Crippen LogP contribution in [-0.2, 0) is 11.3 Å². The predicted octanol–water partition coefficient (Wildman–Crippen LogP) is 5.41. The molecule has 2 aromatic carbocycles. The second-order valence-electron chi connectivity index (χ2n) is 7.58. The molecule has 0 saturated carbocycles. The number of rotatable bonds is 6. The fourth-order valence-corrected chi connectivity index (χ4v) is 4.04. The molecule has 2 amide bonds. The molecule has 31 heavy (non-hydrogen) atoms. The van der Waals surface area contributed by atoms with Crippen molar-refractivity contribution in [3.63, 3.8) is 0 Å². The molecule has 0 radical (unpaired) electrons. The number of aromatic nitrogens is 1. The Morgan fingerprint density at radius 3 is 2.65 bits per heavy atom. The minimum absolute atomic E-state index is 0.133. The van der Waals surface area contributed by atoms with Crippen molar-refractivity contribution in [3.8, 4) is 0 Å². The van der Waals surface area contributed by atoms with E-state index in [0.29, 0.717) is 29.9 Å². The topological polar surface area (TPSA) is 62.3 Å². The van der Waals surface area contributed by atoms with Crippen LogP contribution in [0.25, 0.3) is 0 Å². The molecule has 158 valence electrons. The quantitative estimate of drug-likeness (QED) is 0.511. The number of aryl methyl sites for hydroxylation is 1. The van der Waals surface area contributed by atoms with Gasteiger partial charge in [0.1, 0.15) is 11.6 Å². The fourth-order valence-electron chi connectivity index (χ4n) is 3.81. The van der Waals surface area contributed by atoms with Crippen LogP contribution in [0.15, 0.2) is 65.3 Å². The first kappa shape index (κ1) is 21.2. The number of anilines is 1. The highest BCUT2D eigenvalue weighted by atomic mass is 79.9. The third-order valence-electron chi connectivity index (χ3n) is 5.37. The molecule has 0 aliphatic carbocycles. The van der Waals surface area contributed by atoms with Crippen molar-refractivity contribution in [2.24, 2.45) is 0 Å². The van der Waals surface area contributed by atoms with Gasteiger partial charge in [-0.25, -0.2) is 9.37 Å². The molecular formula is C24H21BrFN3O2. The highest BCUT2D eigenvalue weighted by Gasteiger charge is 2.38. The molecule has 0 saturated heterocycles. The van der Waals surface area contributed by atoms with Crippen LogP contribution in [0.2, 0.25) is 0 Å². The zero-order valence-electron chi connectivity index (χ0n) is 16.9. The van der Waals surface area contributed by atoms with E-state index in [0.717, 1.165) is 15.6 Å². The predicted molar refractivity (Wildman–Crippen MR) is 120 cm³/mol. The summed E-state index contributed by atoms with van der Waals surface area (Å²) in [7, 11) is 0. The molecule has 1 aliphatic heterocycles. The SMILES string of the molecule is Cc1ccc(CN2C(=O)c3cccc(F)c3C2CCC(=O)Nc2ccc(Br)cn2)cc1. The molecule has 3 aromatic rings. The normalized spacial score (nSPS) is 15.1. The summed E-state index contributed by atoms with van der Waals surface area (Å²) < 4.78 is 15.5. The number of hydrogen-bond donors (Lipinski definition) is 1. The Morgan fingerprint density at radius 1 is 1.16 bits per heavy atom. The molecule has 0 spiro atoms. The van der Waals surface area contributed by atoms with Crippen LogP contribution in [0.1, 0.15) is 45.9 Å². The summed E-state index contributed by atoms with van der Waals surface area (Å²) in [4.78, 5) is 31.3. The van der Waals surface area contributed by atoms with Crippen LogP contribution < -0.4 is 5.32 Å². The summed E-state index contributed by atoms with van der Waals surface area (Å²) in [6, 6.07) is 15.4. The van der Waals surface area contributed by atoms with Gasteiger partial charge in [-0.15, -0.1) is 0 Å². The Kier molecular flexibility index (Phi) is 6.13. The summed E-state index contributed by atoms with van der Waals surface area (Å²) in [5, 5.41) is 2.75. The monoisotopic (exact) mass is 481 g/mol. The lowest BCUT2D eigenvalue weighted by atomic mass is 9.99. The molecular weight excluding hydrogens is 461 g/mol. The van der Waals surface area contributed by atoms with E-state index in [4.69, 9.17) is 0 Å². The van der Waals surface area contributed by atoms with E-state index < -0.39 is 11.9 Å². The van der Waals surface area contributed by atoms with Gasteiger partial charge in [0.2, 0.25) is 5.91 Å². The molecule has 1 unspecified atom stereocenters. The Hall–Kier alpha value is -3.06. The maximum Gasteiger partial charge on any atom is 0.255 e. The van der Waals surface area contributed by atoms with Crippen molar-refractivity contribution in [3.05, 3.63) is 93.3 Å². The van der Waals surface area contributed by atoms with Crippen molar-refractivity contribution in [2.45, 2.75) is 32.4 Å². The number of nitrogens with one attached hydrogen (secondary N) is 1. The maximum atomic E-state index is 14.7. The smallest absolute Gasteiger partial charge is 0.255 e. The van der Waals surface area contributed by atoms with E-state index >= 15 is 0 Å². The van der Waals surface area contributed by atoms with Crippen LogP contribution >= 0.6 is 15.9 Å². The van der Waals surface area contributed by atoms with Gasteiger partial charge in [0, 0.05) is 34.8 Å². The zero-order valence-corrected chi connectivity index (χ0v) is 18.5. The summed E-state index contributed by atoms with van der Waals surface area (Å²) in [6.45, 7) is 2.35. The minimum atomic E-state index is -0.506. The Bertz CT molecular complexity index is 1120. The number of carbonyl (C=O) groups excluding carboxylic acids is 2. The number of pyridine rings is 1.